The second-order valence-electron chi connectivity index (χ2n) is 7.61. The summed E-state index contributed by atoms with van der Waals surface area (Å²) >= 11 is 0. The highest BCUT2D eigenvalue weighted by Crippen LogP contribution is 2.26. The van der Waals surface area contributed by atoms with Gasteiger partial charge in [-0.05, 0) is 36.8 Å². The van der Waals surface area contributed by atoms with Crippen molar-refractivity contribution in [2.75, 3.05) is 13.2 Å². The van der Waals surface area contributed by atoms with Crippen LogP contribution in [-0.4, -0.2) is 39.6 Å². The lowest BCUT2D eigenvalue weighted by atomic mass is 10.0. The van der Waals surface area contributed by atoms with Crippen LogP contribution in [0.4, 0.5) is 4.39 Å². The van der Waals surface area contributed by atoms with Crippen LogP contribution in [0, 0.1) is 5.82 Å². The number of para-hydroxylation sites is 1. The van der Waals surface area contributed by atoms with Gasteiger partial charge in [-0.15, -0.1) is 0 Å². The van der Waals surface area contributed by atoms with Gasteiger partial charge in [0.2, 0.25) is 0 Å². The molecule has 7 nitrogen and oxygen atoms in total. The van der Waals surface area contributed by atoms with Crippen molar-refractivity contribution in [2.24, 2.45) is 7.05 Å². The monoisotopic (exact) mass is 436 g/mol. The molecule has 1 aliphatic rings. The van der Waals surface area contributed by atoms with Gasteiger partial charge < -0.3 is 15.0 Å². The molecule has 0 unspecified atom stereocenters. The van der Waals surface area contributed by atoms with Crippen molar-refractivity contribution in [1.82, 2.24) is 20.0 Å². The van der Waals surface area contributed by atoms with Crippen molar-refractivity contribution in [3.63, 3.8) is 0 Å². The van der Waals surface area contributed by atoms with Gasteiger partial charge in [0.1, 0.15) is 11.6 Å². The summed E-state index contributed by atoms with van der Waals surface area (Å²) in [6.07, 6.45) is 0.604. The van der Waals surface area contributed by atoms with Crippen molar-refractivity contribution in [1.29, 1.82) is 0 Å². The van der Waals surface area contributed by atoms with E-state index in [2.05, 4.69) is 10.4 Å². The summed E-state index contributed by atoms with van der Waals surface area (Å²) in [6, 6.07) is 13.1. The highest BCUT2D eigenvalue weighted by Gasteiger charge is 2.30. The summed E-state index contributed by atoms with van der Waals surface area (Å²) in [5, 5.41) is 7.25. The first-order valence-electron chi connectivity index (χ1n) is 10.6. The second kappa shape index (κ2) is 9.21. The van der Waals surface area contributed by atoms with Crippen LogP contribution in [0.5, 0.6) is 5.75 Å². The Hall–Kier alpha value is -3.68. The minimum atomic E-state index is -0.324. The first kappa shape index (κ1) is 21.5. The molecule has 2 amide bonds. The smallest absolute Gasteiger partial charge is 0.272 e. The third kappa shape index (κ3) is 4.34. The average molecular weight is 436 g/mol. The van der Waals surface area contributed by atoms with Gasteiger partial charge in [-0.25, -0.2) is 4.39 Å². The van der Waals surface area contributed by atoms with E-state index in [1.54, 1.807) is 40.9 Å². The van der Waals surface area contributed by atoms with Crippen molar-refractivity contribution in [3.8, 4) is 5.75 Å². The van der Waals surface area contributed by atoms with Crippen LogP contribution in [0.2, 0.25) is 0 Å². The molecule has 0 saturated heterocycles. The Morgan fingerprint density at radius 3 is 2.66 bits per heavy atom. The van der Waals surface area contributed by atoms with Crippen molar-refractivity contribution < 1.29 is 18.7 Å². The zero-order valence-corrected chi connectivity index (χ0v) is 18.1. The third-order valence-corrected chi connectivity index (χ3v) is 5.53. The molecule has 2 aromatic carbocycles. The highest BCUT2D eigenvalue weighted by molar-refractivity contribution is 5.98. The molecule has 0 bridgehead atoms. The molecule has 8 heteroatoms. The maximum Gasteiger partial charge on any atom is 0.272 e. The number of ether oxygens (including phenoxy) is 1. The van der Waals surface area contributed by atoms with Crippen LogP contribution >= 0.6 is 0 Å². The Morgan fingerprint density at radius 2 is 1.91 bits per heavy atom. The number of hydrogen-bond donors (Lipinski definition) is 1. The number of nitrogens with zero attached hydrogens (tertiary/aromatic N) is 3. The molecule has 4 rings (SSSR count). The number of fused-ring (bicyclic) bond motifs is 1. The fourth-order valence-electron chi connectivity index (χ4n) is 3.91. The number of hydrogen-bond acceptors (Lipinski definition) is 4. The van der Waals surface area contributed by atoms with Crippen molar-refractivity contribution >= 4 is 11.8 Å². The van der Waals surface area contributed by atoms with Gasteiger partial charge in [-0.2, -0.15) is 5.10 Å². The Labute approximate surface area is 185 Å². The van der Waals surface area contributed by atoms with Gasteiger partial charge in [0.05, 0.1) is 18.7 Å². The summed E-state index contributed by atoms with van der Waals surface area (Å²) in [5.74, 6) is -0.236. The maximum absolute atomic E-state index is 13.2. The largest absolute Gasteiger partial charge is 0.493 e. The fraction of sp³-hybridized carbons (Fsp3) is 0.292. The zero-order valence-electron chi connectivity index (χ0n) is 18.1. The van der Waals surface area contributed by atoms with Gasteiger partial charge in [0, 0.05) is 37.8 Å². The summed E-state index contributed by atoms with van der Waals surface area (Å²) in [4.78, 5) is 27.8. The van der Waals surface area contributed by atoms with Gasteiger partial charge in [-0.1, -0.05) is 24.3 Å². The van der Waals surface area contributed by atoms with E-state index in [0.717, 1.165) is 16.8 Å². The Kier molecular flexibility index (Phi) is 6.20. The SMILES string of the molecule is CCOc1ccccc1C(=O)N1CCc2c(c(C(=O)NCc3ccc(F)cc3)nn2C)C1. The number of aromatic nitrogens is 2. The number of amides is 2. The van der Waals surface area contributed by atoms with E-state index in [4.69, 9.17) is 4.74 Å². The molecule has 166 valence electrons. The first-order valence-corrected chi connectivity index (χ1v) is 10.6. The summed E-state index contributed by atoms with van der Waals surface area (Å²) in [7, 11) is 1.80. The van der Waals surface area contributed by atoms with E-state index in [1.807, 2.05) is 19.1 Å². The number of nitrogens with one attached hydrogen (secondary N) is 1. The molecule has 2 heterocycles. The Balaban J connectivity index is 1.52. The van der Waals surface area contributed by atoms with Gasteiger partial charge >= 0.3 is 0 Å². The number of carbonyl (C=O) groups excluding carboxylic acids is 2. The second-order valence-corrected chi connectivity index (χ2v) is 7.61. The van der Waals surface area contributed by atoms with Gasteiger partial charge in [-0.3, -0.25) is 14.3 Å². The average Bonchev–Trinajstić information content (AvgIpc) is 3.14. The quantitative estimate of drug-likeness (QED) is 0.644. The molecular weight excluding hydrogens is 411 g/mol. The fourth-order valence-corrected chi connectivity index (χ4v) is 3.91. The van der Waals surface area contributed by atoms with Crippen LogP contribution in [0.3, 0.4) is 0 Å². The molecule has 0 atom stereocenters. The Bertz CT molecular complexity index is 1140. The molecule has 1 aliphatic heterocycles. The lowest BCUT2D eigenvalue weighted by Gasteiger charge is -2.28. The molecule has 0 spiro atoms. The predicted octanol–water partition coefficient (Wildman–Crippen LogP) is 3.09. The summed E-state index contributed by atoms with van der Waals surface area (Å²) < 4.78 is 20.4. The van der Waals surface area contributed by atoms with Crippen molar-refractivity contribution in [3.05, 3.63) is 82.4 Å². The number of rotatable bonds is 6. The van der Waals surface area contributed by atoms with Crippen molar-refractivity contribution in [2.45, 2.75) is 26.4 Å². The zero-order chi connectivity index (χ0) is 22.7. The normalized spacial score (nSPS) is 12.9. The minimum Gasteiger partial charge on any atom is -0.493 e. The van der Waals surface area contributed by atoms with E-state index >= 15 is 0 Å². The lowest BCUT2D eigenvalue weighted by molar-refractivity contribution is 0.0726. The number of aryl methyl sites for hydroxylation is 1. The standard InChI is InChI=1S/C24H25FN4O3/c1-3-32-21-7-5-4-6-18(21)24(31)29-13-12-20-19(15-29)22(27-28(20)2)23(30)26-14-16-8-10-17(25)11-9-16/h4-11H,3,12-15H2,1-2H3,(H,26,30). The molecule has 1 aromatic heterocycles. The van der Waals surface area contributed by atoms with E-state index in [9.17, 15) is 14.0 Å². The summed E-state index contributed by atoms with van der Waals surface area (Å²) in [6.45, 7) is 3.43. The van der Waals surface area contributed by atoms with Crippen LogP contribution < -0.4 is 10.1 Å². The van der Waals surface area contributed by atoms with E-state index < -0.39 is 0 Å². The van der Waals surface area contributed by atoms with E-state index in [0.29, 0.717) is 43.1 Å². The molecule has 3 aromatic rings. The highest BCUT2D eigenvalue weighted by atomic mass is 19.1. The van der Waals surface area contributed by atoms with Crippen LogP contribution in [0.15, 0.2) is 48.5 Å². The molecule has 32 heavy (non-hydrogen) atoms. The minimum absolute atomic E-state index is 0.138. The third-order valence-electron chi connectivity index (χ3n) is 5.53. The molecule has 0 radical (unpaired) electrons. The predicted molar refractivity (Wildman–Crippen MR) is 117 cm³/mol. The summed E-state index contributed by atoms with van der Waals surface area (Å²) in [5.41, 5.74) is 3.29. The van der Waals surface area contributed by atoms with E-state index in [1.165, 1.54) is 12.1 Å². The van der Waals surface area contributed by atoms with Crippen LogP contribution in [0.25, 0.3) is 0 Å². The molecule has 0 fully saturated rings. The maximum atomic E-state index is 13.2. The van der Waals surface area contributed by atoms with E-state index in [-0.39, 0.29) is 24.2 Å². The number of benzene rings is 2. The lowest BCUT2D eigenvalue weighted by Crippen LogP contribution is -2.37. The van der Waals surface area contributed by atoms with Gasteiger partial charge in [0.25, 0.3) is 11.8 Å². The molecule has 0 saturated carbocycles. The number of halogens is 1. The Morgan fingerprint density at radius 1 is 1.16 bits per heavy atom. The molecule has 1 N–H and O–H groups in total. The van der Waals surface area contributed by atoms with Gasteiger partial charge in [0.15, 0.2) is 5.69 Å². The first-order chi connectivity index (χ1) is 15.5. The topological polar surface area (TPSA) is 76.5 Å². The van der Waals surface area contributed by atoms with Crippen LogP contribution in [0.1, 0.15) is 44.6 Å². The molecule has 0 aliphatic carbocycles. The molecular formula is C24H25FN4O3. The van der Waals surface area contributed by atoms with Crippen LogP contribution in [-0.2, 0) is 26.6 Å². The number of carbonyl (C=O) groups is 2.